The first-order valence-corrected chi connectivity index (χ1v) is 10.2. The Bertz CT molecular complexity index is 1000. The predicted molar refractivity (Wildman–Crippen MR) is 102 cm³/mol. The van der Waals surface area contributed by atoms with Gasteiger partial charge in [-0.05, 0) is 24.3 Å². The van der Waals surface area contributed by atoms with E-state index in [0.717, 1.165) is 6.07 Å². The Morgan fingerprint density at radius 3 is 2.24 bits per heavy atom. The summed E-state index contributed by atoms with van der Waals surface area (Å²) in [5.74, 6) is -2.03. The van der Waals surface area contributed by atoms with Crippen LogP contribution < -0.4 is 0 Å². The summed E-state index contributed by atoms with van der Waals surface area (Å²) in [6, 6.07) is 11.4. The Labute approximate surface area is 167 Å². The van der Waals surface area contributed by atoms with Gasteiger partial charge in [0.1, 0.15) is 17.1 Å². The number of piperazine rings is 1. The van der Waals surface area contributed by atoms with Crippen LogP contribution in [-0.2, 0) is 19.6 Å². The number of carbonyl (C=O) groups is 2. The lowest BCUT2D eigenvalue weighted by atomic mass is 10.2. The van der Waals surface area contributed by atoms with Crippen LogP contribution in [0.3, 0.4) is 0 Å². The summed E-state index contributed by atoms with van der Waals surface area (Å²) in [4.78, 5) is 25.9. The molecule has 2 aromatic carbocycles. The number of hydrogen-bond acceptors (Lipinski definition) is 7. The number of rotatable bonds is 5. The van der Waals surface area contributed by atoms with Gasteiger partial charge < -0.3 is 19.8 Å². The molecule has 0 radical (unpaired) electrons. The summed E-state index contributed by atoms with van der Waals surface area (Å²) in [5.41, 5.74) is -0.172. The van der Waals surface area contributed by atoms with E-state index < -0.39 is 34.3 Å². The summed E-state index contributed by atoms with van der Waals surface area (Å²) in [6.07, 6.45) is 0. The minimum absolute atomic E-state index is 0.135. The number of ether oxygens (including phenoxy) is 1. The molecule has 0 spiro atoms. The lowest BCUT2D eigenvalue weighted by Crippen LogP contribution is -2.51. The fourth-order valence-electron chi connectivity index (χ4n) is 2.91. The van der Waals surface area contributed by atoms with E-state index in [-0.39, 0.29) is 42.4 Å². The summed E-state index contributed by atoms with van der Waals surface area (Å²) >= 11 is 0. The number of carbonyl (C=O) groups excluding carboxylic acids is 2. The average Bonchev–Trinajstić information content (AvgIpc) is 2.72. The van der Waals surface area contributed by atoms with Crippen molar-refractivity contribution in [3.05, 3.63) is 54.1 Å². The van der Waals surface area contributed by atoms with Gasteiger partial charge in [0.05, 0.1) is 4.90 Å². The van der Waals surface area contributed by atoms with Gasteiger partial charge in [-0.2, -0.15) is 4.31 Å². The first-order valence-electron chi connectivity index (χ1n) is 8.81. The summed E-state index contributed by atoms with van der Waals surface area (Å²) in [7, 11) is -3.62. The molecule has 1 amide bonds. The maximum Gasteiger partial charge on any atom is 0.342 e. The van der Waals surface area contributed by atoms with Gasteiger partial charge in [-0.25, -0.2) is 13.2 Å². The fourth-order valence-corrected chi connectivity index (χ4v) is 4.35. The van der Waals surface area contributed by atoms with Crippen LogP contribution in [0, 0.1) is 0 Å². The zero-order chi connectivity index (χ0) is 21.0. The molecule has 1 saturated heterocycles. The van der Waals surface area contributed by atoms with Crippen molar-refractivity contribution >= 4 is 21.9 Å². The Hall–Kier alpha value is -3.11. The number of hydrogen-bond donors (Lipinski definition) is 2. The molecule has 2 aromatic rings. The molecule has 10 heteroatoms. The first-order chi connectivity index (χ1) is 13.8. The number of amides is 1. The van der Waals surface area contributed by atoms with Crippen LogP contribution in [0.5, 0.6) is 11.5 Å². The van der Waals surface area contributed by atoms with Gasteiger partial charge in [0, 0.05) is 32.2 Å². The molecule has 1 aliphatic rings. The molecule has 9 nitrogen and oxygen atoms in total. The van der Waals surface area contributed by atoms with Crippen LogP contribution in [-0.4, -0.2) is 72.5 Å². The van der Waals surface area contributed by atoms with Crippen molar-refractivity contribution in [3.8, 4) is 11.5 Å². The van der Waals surface area contributed by atoms with Crippen molar-refractivity contribution < 1.29 is 33.0 Å². The van der Waals surface area contributed by atoms with E-state index in [0.29, 0.717) is 0 Å². The average molecular weight is 420 g/mol. The standard InChI is InChI=1S/C19H20N2O7S/c22-14-6-7-16(17(23)12-14)19(25)28-13-18(24)20-8-10-21(11-9-20)29(26,27)15-4-2-1-3-5-15/h1-7,12,22-23H,8-11,13H2. The third-order valence-corrected chi connectivity index (χ3v) is 6.41. The Balaban J connectivity index is 1.53. The summed E-state index contributed by atoms with van der Waals surface area (Å²) in [5, 5.41) is 18.9. The molecule has 1 heterocycles. The van der Waals surface area contributed by atoms with Crippen molar-refractivity contribution in [1.82, 2.24) is 9.21 Å². The molecule has 0 aliphatic carbocycles. The monoisotopic (exact) mass is 420 g/mol. The van der Waals surface area contributed by atoms with E-state index in [4.69, 9.17) is 4.74 Å². The molecule has 1 fully saturated rings. The smallest absolute Gasteiger partial charge is 0.342 e. The summed E-state index contributed by atoms with van der Waals surface area (Å²) < 4.78 is 31.4. The molecule has 0 unspecified atom stereocenters. The maximum atomic E-state index is 12.6. The largest absolute Gasteiger partial charge is 0.508 e. The Morgan fingerprint density at radius 1 is 0.966 bits per heavy atom. The van der Waals surface area contributed by atoms with E-state index in [1.807, 2.05) is 0 Å². The number of phenols is 2. The molecule has 0 aromatic heterocycles. The van der Waals surface area contributed by atoms with Crippen molar-refractivity contribution in [3.63, 3.8) is 0 Å². The van der Waals surface area contributed by atoms with Gasteiger partial charge in [-0.1, -0.05) is 18.2 Å². The highest BCUT2D eigenvalue weighted by molar-refractivity contribution is 7.89. The van der Waals surface area contributed by atoms with Crippen molar-refractivity contribution in [1.29, 1.82) is 0 Å². The summed E-state index contributed by atoms with van der Waals surface area (Å²) in [6.45, 7) is 0.0791. The van der Waals surface area contributed by atoms with Crippen LogP contribution in [0.4, 0.5) is 0 Å². The zero-order valence-corrected chi connectivity index (χ0v) is 16.2. The number of aromatic hydroxyl groups is 2. The van der Waals surface area contributed by atoms with Gasteiger partial charge >= 0.3 is 5.97 Å². The third kappa shape index (κ3) is 4.66. The number of nitrogens with zero attached hydrogens (tertiary/aromatic N) is 2. The molecule has 0 atom stereocenters. The second kappa shape index (κ2) is 8.50. The Morgan fingerprint density at radius 2 is 1.62 bits per heavy atom. The lowest BCUT2D eigenvalue weighted by molar-refractivity contribution is -0.135. The first kappa shape index (κ1) is 20.6. The van der Waals surface area contributed by atoms with Gasteiger partial charge in [-0.3, -0.25) is 4.79 Å². The molecule has 29 heavy (non-hydrogen) atoms. The van der Waals surface area contributed by atoms with E-state index in [2.05, 4.69) is 0 Å². The van der Waals surface area contributed by atoms with E-state index in [1.165, 1.54) is 33.5 Å². The van der Waals surface area contributed by atoms with Crippen LogP contribution in [0.1, 0.15) is 10.4 Å². The predicted octanol–water partition coefficient (Wildman–Crippen LogP) is 0.788. The van der Waals surface area contributed by atoms with E-state index in [1.54, 1.807) is 18.2 Å². The number of phenolic OH excluding ortho intramolecular Hbond substituents is 2. The highest BCUT2D eigenvalue weighted by Gasteiger charge is 2.30. The van der Waals surface area contributed by atoms with Crippen LogP contribution >= 0.6 is 0 Å². The molecular weight excluding hydrogens is 400 g/mol. The van der Waals surface area contributed by atoms with Crippen LogP contribution in [0.25, 0.3) is 0 Å². The fraction of sp³-hybridized carbons (Fsp3) is 0.263. The van der Waals surface area contributed by atoms with Crippen LogP contribution in [0.2, 0.25) is 0 Å². The molecule has 154 valence electrons. The van der Waals surface area contributed by atoms with Crippen molar-refractivity contribution in [2.45, 2.75) is 4.90 Å². The molecule has 2 N–H and O–H groups in total. The van der Waals surface area contributed by atoms with E-state index >= 15 is 0 Å². The van der Waals surface area contributed by atoms with Crippen molar-refractivity contribution in [2.75, 3.05) is 32.8 Å². The zero-order valence-electron chi connectivity index (χ0n) is 15.4. The minimum Gasteiger partial charge on any atom is -0.508 e. The van der Waals surface area contributed by atoms with Gasteiger partial charge in [0.15, 0.2) is 6.61 Å². The van der Waals surface area contributed by atoms with Crippen molar-refractivity contribution in [2.24, 2.45) is 0 Å². The SMILES string of the molecule is O=C(OCC(=O)N1CCN(S(=O)(=O)c2ccccc2)CC1)c1ccc(O)cc1O. The number of sulfonamides is 1. The molecule has 3 rings (SSSR count). The quantitative estimate of drug-likeness (QED) is 0.685. The molecular formula is C19H20N2O7S. The van der Waals surface area contributed by atoms with Gasteiger partial charge in [-0.15, -0.1) is 0 Å². The van der Waals surface area contributed by atoms with Gasteiger partial charge in [0.2, 0.25) is 10.0 Å². The normalized spacial score (nSPS) is 15.1. The topological polar surface area (TPSA) is 124 Å². The molecule has 0 bridgehead atoms. The van der Waals surface area contributed by atoms with E-state index in [9.17, 15) is 28.2 Å². The highest BCUT2D eigenvalue weighted by Crippen LogP contribution is 2.23. The maximum absolute atomic E-state index is 12.6. The number of benzene rings is 2. The lowest BCUT2D eigenvalue weighted by Gasteiger charge is -2.33. The molecule has 0 saturated carbocycles. The second-order valence-corrected chi connectivity index (χ2v) is 8.31. The van der Waals surface area contributed by atoms with Gasteiger partial charge in [0.25, 0.3) is 5.91 Å². The van der Waals surface area contributed by atoms with Crippen LogP contribution in [0.15, 0.2) is 53.4 Å². The Kier molecular flexibility index (Phi) is 6.04. The molecule has 1 aliphatic heterocycles. The third-order valence-electron chi connectivity index (χ3n) is 4.50. The minimum atomic E-state index is -3.62. The highest BCUT2D eigenvalue weighted by atomic mass is 32.2. The number of esters is 1. The second-order valence-electron chi connectivity index (χ2n) is 6.38.